The summed E-state index contributed by atoms with van der Waals surface area (Å²) in [5.74, 6) is 0.442. The zero-order valence-corrected chi connectivity index (χ0v) is 18.6. The van der Waals surface area contributed by atoms with Crippen LogP contribution in [0.15, 0.2) is 68.8 Å². The van der Waals surface area contributed by atoms with Crippen LogP contribution in [0.3, 0.4) is 0 Å². The van der Waals surface area contributed by atoms with Gasteiger partial charge in [0.25, 0.3) is 10.0 Å². The molecule has 0 saturated carbocycles. The number of benzene rings is 2. The van der Waals surface area contributed by atoms with Gasteiger partial charge in [0.05, 0.1) is 16.8 Å². The van der Waals surface area contributed by atoms with Gasteiger partial charge in [-0.05, 0) is 43.2 Å². The Morgan fingerprint density at radius 3 is 2.58 bits per heavy atom. The molecule has 11 heteroatoms. The van der Waals surface area contributed by atoms with E-state index in [-0.39, 0.29) is 17.3 Å². The number of primary amides is 1. The Labute approximate surface area is 189 Å². The maximum atomic E-state index is 13.3. The molecule has 2 heterocycles. The highest BCUT2D eigenvalue weighted by Gasteiger charge is 2.24. The second-order valence-corrected chi connectivity index (χ2v) is 8.90. The Morgan fingerprint density at radius 1 is 1.12 bits per heavy atom. The summed E-state index contributed by atoms with van der Waals surface area (Å²) in [6.07, 6.45) is 2.97. The van der Waals surface area contributed by atoms with Gasteiger partial charge in [0.15, 0.2) is 0 Å². The van der Waals surface area contributed by atoms with E-state index in [9.17, 15) is 13.2 Å². The van der Waals surface area contributed by atoms with Crippen LogP contribution in [0.5, 0.6) is 0 Å². The second kappa shape index (κ2) is 8.79. The molecule has 0 aliphatic carbocycles. The number of sulfonamides is 1. The Kier molecular flexibility index (Phi) is 5.88. The fourth-order valence-corrected chi connectivity index (χ4v) is 4.56. The van der Waals surface area contributed by atoms with Gasteiger partial charge in [-0.2, -0.15) is 0 Å². The summed E-state index contributed by atoms with van der Waals surface area (Å²) in [5.41, 5.74) is 8.75. The quantitative estimate of drug-likeness (QED) is 0.375. The Balaban J connectivity index is 1.81. The monoisotopic (exact) mass is 467 g/mol. The van der Waals surface area contributed by atoms with Gasteiger partial charge in [-0.3, -0.25) is 0 Å². The fraction of sp³-hybridized carbons (Fsp3) is 0.136. The van der Waals surface area contributed by atoms with Gasteiger partial charge in [0.2, 0.25) is 11.8 Å². The molecule has 0 saturated heterocycles. The van der Waals surface area contributed by atoms with Crippen LogP contribution in [-0.2, 0) is 16.6 Å². The van der Waals surface area contributed by atoms with Crippen molar-refractivity contribution in [3.8, 4) is 22.6 Å². The van der Waals surface area contributed by atoms with Crippen molar-refractivity contribution in [2.75, 3.05) is 4.72 Å². The Hall–Kier alpha value is -4.12. The Bertz CT molecular complexity index is 1410. The summed E-state index contributed by atoms with van der Waals surface area (Å²) < 4.78 is 39.5. The predicted octanol–water partition coefficient (Wildman–Crippen LogP) is 3.58. The van der Waals surface area contributed by atoms with Crippen LogP contribution in [0.25, 0.3) is 22.6 Å². The van der Waals surface area contributed by atoms with Crippen molar-refractivity contribution >= 4 is 21.9 Å². The molecule has 2 aromatic carbocycles. The third-order valence-corrected chi connectivity index (χ3v) is 6.48. The normalized spacial score (nSPS) is 11.3. The number of nitrogens with one attached hydrogen (secondary N) is 2. The number of urea groups is 1. The highest BCUT2D eigenvalue weighted by atomic mass is 32.2. The number of aromatic nitrogens is 2. The number of aryl methyl sites for hydroxylation is 1. The van der Waals surface area contributed by atoms with E-state index >= 15 is 0 Å². The largest absolute Gasteiger partial charge is 0.445 e. The van der Waals surface area contributed by atoms with Crippen molar-refractivity contribution in [3.05, 3.63) is 71.7 Å². The number of nitrogens with two attached hydrogens (primary N) is 1. The minimum Gasteiger partial charge on any atom is -0.445 e. The molecule has 170 valence electrons. The zero-order chi connectivity index (χ0) is 23.6. The lowest BCUT2D eigenvalue weighted by atomic mass is 9.97. The van der Waals surface area contributed by atoms with Gasteiger partial charge in [0, 0.05) is 23.2 Å². The molecule has 0 radical (unpaired) electrons. The first-order valence-electron chi connectivity index (χ1n) is 9.87. The van der Waals surface area contributed by atoms with Crippen molar-refractivity contribution in [3.63, 3.8) is 0 Å². The molecule has 0 fully saturated rings. The first kappa shape index (κ1) is 22.1. The summed E-state index contributed by atoms with van der Waals surface area (Å²) in [7, 11) is -4.03. The molecular formula is C22H21N5O5S. The van der Waals surface area contributed by atoms with Crippen molar-refractivity contribution in [2.24, 2.45) is 5.73 Å². The lowest BCUT2D eigenvalue weighted by Gasteiger charge is -2.16. The molecule has 0 spiro atoms. The lowest BCUT2D eigenvalue weighted by Crippen LogP contribution is -2.28. The second-order valence-electron chi connectivity index (χ2n) is 7.25. The number of rotatable bonds is 7. The van der Waals surface area contributed by atoms with Crippen molar-refractivity contribution in [1.82, 2.24) is 15.5 Å². The molecule has 0 bridgehead atoms. The molecule has 2 amide bonds. The summed E-state index contributed by atoms with van der Waals surface area (Å²) in [6, 6.07) is 11.1. The molecule has 0 aliphatic rings. The number of carbonyl (C=O) groups is 1. The number of nitrogens with zero attached hydrogens (tertiary/aromatic N) is 2. The average molecular weight is 468 g/mol. The predicted molar refractivity (Wildman–Crippen MR) is 121 cm³/mol. The first-order valence-corrected chi connectivity index (χ1v) is 11.4. The van der Waals surface area contributed by atoms with E-state index in [0.29, 0.717) is 39.4 Å². The van der Waals surface area contributed by atoms with Crippen molar-refractivity contribution in [1.29, 1.82) is 0 Å². The number of oxazole rings is 1. The molecule has 4 aromatic rings. The zero-order valence-electron chi connectivity index (χ0n) is 17.8. The van der Waals surface area contributed by atoms with Gasteiger partial charge in [-0.1, -0.05) is 29.4 Å². The molecule has 2 aromatic heterocycles. The summed E-state index contributed by atoms with van der Waals surface area (Å²) in [5, 5.41) is 6.35. The fourth-order valence-electron chi connectivity index (χ4n) is 3.30. The highest BCUT2D eigenvalue weighted by Crippen LogP contribution is 2.34. The van der Waals surface area contributed by atoms with E-state index in [1.807, 2.05) is 0 Å². The number of anilines is 1. The molecule has 4 rings (SSSR count). The highest BCUT2D eigenvalue weighted by molar-refractivity contribution is 7.92. The number of carbonyl (C=O) groups excluding carboxylic acids is 1. The minimum atomic E-state index is -4.03. The molecule has 33 heavy (non-hydrogen) atoms. The standard InChI is InChI=1S/C22H21N5O5S/c1-13-14(2)26-32-20(13)27-33(29,30)19-6-4-3-5-18(19)17-8-7-15(21-24-9-10-31-21)11-16(17)12-25-22(23)28/h3-11,27H,12H2,1-2H3,(H3,23,25,28). The van der Waals surface area contributed by atoms with E-state index in [4.69, 9.17) is 14.7 Å². The van der Waals surface area contributed by atoms with Crippen LogP contribution in [0.4, 0.5) is 10.7 Å². The smallest absolute Gasteiger partial charge is 0.312 e. The number of amides is 2. The molecular weight excluding hydrogens is 446 g/mol. The number of hydrogen-bond acceptors (Lipinski definition) is 7. The van der Waals surface area contributed by atoms with Gasteiger partial charge in [-0.25, -0.2) is 22.9 Å². The minimum absolute atomic E-state index is 0.0302. The van der Waals surface area contributed by atoms with Gasteiger partial charge in [-0.15, -0.1) is 0 Å². The van der Waals surface area contributed by atoms with E-state index in [2.05, 4.69) is 20.2 Å². The van der Waals surface area contributed by atoms with E-state index in [1.54, 1.807) is 50.2 Å². The molecule has 4 N–H and O–H groups in total. The lowest BCUT2D eigenvalue weighted by molar-refractivity contribution is 0.248. The first-order chi connectivity index (χ1) is 15.8. The van der Waals surface area contributed by atoms with E-state index in [1.165, 1.54) is 18.5 Å². The van der Waals surface area contributed by atoms with E-state index in [0.717, 1.165) is 0 Å². The summed E-state index contributed by atoms with van der Waals surface area (Å²) in [6.45, 7) is 3.50. The molecule has 0 atom stereocenters. The van der Waals surface area contributed by atoms with Crippen LogP contribution in [-0.4, -0.2) is 24.6 Å². The van der Waals surface area contributed by atoms with Crippen molar-refractivity contribution in [2.45, 2.75) is 25.3 Å². The van der Waals surface area contributed by atoms with Gasteiger partial charge in [0.1, 0.15) is 6.26 Å². The van der Waals surface area contributed by atoms with Crippen LogP contribution in [0.2, 0.25) is 0 Å². The van der Waals surface area contributed by atoms with Crippen LogP contribution in [0, 0.1) is 13.8 Å². The maximum Gasteiger partial charge on any atom is 0.312 e. The Morgan fingerprint density at radius 2 is 1.91 bits per heavy atom. The summed E-state index contributed by atoms with van der Waals surface area (Å²) in [4.78, 5) is 15.5. The number of hydrogen-bond donors (Lipinski definition) is 3. The van der Waals surface area contributed by atoms with E-state index < -0.39 is 16.1 Å². The maximum absolute atomic E-state index is 13.3. The van der Waals surface area contributed by atoms with Gasteiger partial charge < -0.3 is 20.0 Å². The van der Waals surface area contributed by atoms with Crippen molar-refractivity contribution < 1.29 is 22.2 Å². The third-order valence-electron chi connectivity index (χ3n) is 5.09. The topological polar surface area (TPSA) is 153 Å². The average Bonchev–Trinajstić information content (AvgIpc) is 3.44. The SMILES string of the molecule is Cc1noc(NS(=O)(=O)c2ccccc2-c2ccc(-c3ncco3)cc2CNC(N)=O)c1C. The third kappa shape index (κ3) is 4.58. The summed E-state index contributed by atoms with van der Waals surface area (Å²) >= 11 is 0. The molecule has 0 aliphatic heterocycles. The molecule has 10 nitrogen and oxygen atoms in total. The molecule has 0 unspecified atom stereocenters. The van der Waals surface area contributed by atoms with Gasteiger partial charge >= 0.3 is 6.03 Å². The van der Waals surface area contributed by atoms with Crippen LogP contribution < -0.4 is 15.8 Å². The van der Waals surface area contributed by atoms with Crippen LogP contribution >= 0.6 is 0 Å². The van der Waals surface area contributed by atoms with Crippen LogP contribution in [0.1, 0.15) is 16.8 Å².